The molecule has 0 heterocycles. The zero-order chi connectivity index (χ0) is 16.3. The van der Waals surface area contributed by atoms with Crippen molar-refractivity contribution >= 4 is 11.8 Å². The third-order valence-electron chi connectivity index (χ3n) is 3.95. The number of rotatable bonds is 10. The number of hydrogen-bond acceptors (Lipinski definition) is 3. The molecule has 1 N–H and O–H groups in total. The third kappa shape index (κ3) is 6.78. The average molecular weight is 330 g/mol. The first-order valence-electron chi connectivity index (χ1n) is 8.27. The third-order valence-corrected chi connectivity index (χ3v) is 5.15. The van der Waals surface area contributed by atoms with Gasteiger partial charge in [-0.25, -0.2) is 0 Å². The summed E-state index contributed by atoms with van der Waals surface area (Å²) < 4.78 is 5.68. The van der Waals surface area contributed by atoms with Gasteiger partial charge in [-0.3, -0.25) is 0 Å². The molecule has 0 aromatic heterocycles. The van der Waals surface area contributed by atoms with E-state index in [2.05, 4.69) is 43.3 Å². The predicted octanol–water partition coefficient (Wildman–Crippen LogP) is 4.77. The molecule has 0 unspecified atom stereocenters. The Kier molecular flexibility index (Phi) is 8.23. The molecule has 0 bridgehead atoms. The summed E-state index contributed by atoms with van der Waals surface area (Å²) in [6.07, 6.45) is 1.38. The summed E-state index contributed by atoms with van der Waals surface area (Å²) >= 11 is 1.82. The first-order valence-corrected chi connectivity index (χ1v) is 9.25. The van der Waals surface area contributed by atoms with Crippen molar-refractivity contribution in [3.05, 3.63) is 66.2 Å². The summed E-state index contributed by atoms with van der Waals surface area (Å²) in [6, 6.07) is 20.5. The lowest BCUT2D eigenvalue weighted by Gasteiger charge is -2.21. The summed E-state index contributed by atoms with van der Waals surface area (Å²) in [4.78, 5) is 1.26. The minimum atomic E-state index is -0.299. The predicted molar refractivity (Wildman–Crippen MR) is 97.7 cm³/mol. The van der Waals surface area contributed by atoms with Gasteiger partial charge in [0.15, 0.2) is 0 Å². The number of aliphatic hydroxyl groups excluding tert-OH is 1. The Labute approximate surface area is 143 Å². The number of ether oxygens (including phenoxy) is 1. The zero-order valence-electron chi connectivity index (χ0n) is 13.7. The van der Waals surface area contributed by atoms with Gasteiger partial charge in [0.1, 0.15) is 0 Å². The van der Waals surface area contributed by atoms with Crippen molar-refractivity contribution in [3.63, 3.8) is 0 Å². The van der Waals surface area contributed by atoms with E-state index < -0.39 is 0 Å². The van der Waals surface area contributed by atoms with Crippen molar-refractivity contribution in [2.24, 2.45) is 5.92 Å². The Morgan fingerprint density at radius 2 is 1.65 bits per heavy atom. The van der Waals surface area contributed by atoms with Crippen molar-refractivity contribution < 1.29 is 9.84 Å². The molecule has 3 heteroatoms. The average Bonchev–Trinajstić information content (AvgIpc) is 2.61. The fourth-order valence-electron chi connectivity index (χ4n) is 2.43. The quantitative estimate of drug-likeness (QED) is 0.502. The van der Waals surface area contributed by atoms with Crippen molar-refractivity contribution in [1.82, 2.24) is 0 Å². The van der Waals surface area contributed by atoms with E-state index >= 15 is 0 Å². The molecule has 0 aliphatic heterocycles. The van der Waals surface area contributed by atoms with E-state index in [-0.39, 0.29) is 6.10 Å². The highest BCUT2D eigenvalue weighted by Gasteiger charge is 2.17. The molecule has 0 aliphatic rings. The molecule has 0 spiro atoms. The molecule has 0 saturated carbocycles. The van der Waals surface area contributed by atoms with Crippen LogP contribution in [0.5, 0.6) is 0 Å². The second kappa shape index (κ2) is 10.5. The summed E-state index contributed by atoms with van der Waals surface area (Å²) in [5.74, 6) is 1.25. The molecule has 2 aromatic carbocycles. The molecule has 0 aliphatic carbocycles. The van der Waals surface area contributed by atoms with Crippen LogP contribution < -0.4 is 0 Å². The fourth-order valence-corrected chi connectivity index (χ4v) is 3.64. The first-order chi connectivity index (χ1) is 11.3. The van der Waals surface area contributed by atoms with E-state index in [0.717, 1.165) is 12.2 Å². The lowest BCUT2D eigenvalue weighted by molar-refractivity contribution is 0.0497. The van der Waals surface area contributed by atoms with Crippen molar-refractivity contribution in [1.29, 1.82) is 0 Å². The van der Waals surface area contributed by atoms with E-state index in [0.29, 0.717) is 25.6 Å². The van der Waals surface area contributed by atoms with Gasteiger partial charge in [-0.1, -0.05) is 61.9 Å². The number of benzene rings is 2. The summed E-state index contributed by atoms with van der Waals surface area (Å²) in [5, 5.41) is 10.4. The molecule has 0 saturated heterocycles. The Morgan fingerprint density at radius 3 is 2.30 bits per heavy atom. The Bertz CT molecular complexity index is 530. The fraction of sp³-hybridized carbons (Fsp3) is 0.400. The maximum atomic E-state index is 10.4. The Balaban J connectivity index is 1.67. The van der Waals surface area contributed by atoms with Crippen LogP contribution in [0.3, 0.4) is 0 Å². The normalized spacial score (nSPS) is 13.7. The molecular formula is C20H26O2S. The van der Waals surface area contributed by atoms with Crippen LogP contribution >= 0.6 is 11.8 Å². The molecule has 0 amide bonds. The number of aliphatic hydroxyl groups is 1. The maximum Gasteiger partial charge on any atom is 0.0716 e. The van der Waals surface area contributed by atoms with Gasteiger partial charge >= 0.3 is 0 Å². The zero-order valence-corrected chi connectivity index (χ0v) is 14.5. The highest BCUT2D eigenvalue weighted by atomic mass is 32.2. The summed E-state index contributed by atoms with van der Waals surface area (Å²) in [7, 11) is 0. The Morgan fingerprint density at radius 1 is 1.00 bits per heavy atom. The van der Waals surface area contributed by atoms with E-state index in [4.69, 9.17) is 4.74 Å². The monoisotopic (exact) mass is 330 g/mol. The molecule has 0 radical (unpaired) electrons. The van der Waals surface area contributed by atoms with Crippen LogP contribution in [0, 0.1) is 5.92 Å². The molecule has 2 nitrogen and oxygen atoms in total. The molecule has 2 aromatic rings. The van der Waals surface area contributed by atoms with E-state index in [1.54, 1.807) is 0 Å². The molecule has 23 heavy (non-hydrogen) atoms. The van der Waals surface area contributed by atoms with Crippen molar-refractivity contribution in [2.75, 3.05) is 12.4 Å². The molecule has 2 rings (SSSR count). The van der Waals surface area contributed by atoms with Crippen LogP contribution in [0.2, 0.25) is 0 Å². The van der Waals surface area contributed by atoms with E-state index in [9.17, 15) is 5.11 Å². The summed E-state index contributed by atoms with van der Waals surface area (Å²) in [6.45, 7) is 3.36. The topological polar surface area (TPSA) is 29.5 Å². The van der Waals surface area contributed by atoms with Crippen LogP contribution in [-0.2, 0) is 11.3 Å². The molecule has 124 valence electrons. The van der Waals surface area contributed by atoms with Crippen LogP contribution in [0.15, 0.2) is 65.6 Å². The second-order valence-electron chi connectivity index (χ2n) is 5.69. The van der Waals surface area contributed by atoms with Gasteiger partial charge in [0, 0.05) is 17.3 Å². The largest absolute Gasteiger partial charge is 0.393 e. The standard InChI is InChI=1S/C20H26O2S/c1-2-18(16-23-19-11-7-4-8-12-19)20(21)13-14-22-15-17-9-5-3-6-10-17/h3-12,18,20-21H,2,13-16H2,1H3/t18-,20-/m1/s1. The lowest BCUT2D eigenvalue weighted by atomic mass is 9.99. The number of hydrogen-bond donors (Lipinski definition) is 1. The number of thioether (sulfide) groups is 1. The van der Waals surface area contributed by atoms with Gasteiger partial charge in [-0.2, -0.15) is 0 Å². The maximum absolute atomic E-state index is 10.4. The highest BCUT2D eigenvalue weighted by molar-refractivity contribution is 7.99. The smallest absolute Gasteiger partial charge is 0.0716 e. The summed E-state index contributed by atoms with van der Waals surface area (Å²) in [5.41, 5.74) is 1.17. The molecule has 0 fully saturated rings. The second-order valence-corrected chi connectivity index (χ2v) is 6.78. The lowest BCUT2D eigenvalue weighted by Crippen LogP contribution is -2.23. The highest BCUT2D eigenvalue weighted by Crippen LogP contribution is 2.24. The van der Waals surface area contributed by atoms with Gasteiger partial charge in [-0.05, 0) is 30.0 Å². The minimum absolute atomic E-state index is 0.299. The first kappa shape index (κ1) is 18.1. The van der Waals surface area contributed by atoms with Gasteiger partial charge < -0.3 is 9.84 Å². The van der Waals surface area contributed by atoms with Crippen molar-refractivity contribution in [2.45, 2.75) is 37.4 Å². The van der Waals surface area contributed by atoms with Crippen LogP contribution in [0.4, 0.5) is 0 Å². The Hall–Kier alpha value is -1.29. The van der Waals surface area contributed by atoms with Crippen molar-refractivity contribution in [3.8, 4) is 0 Å². The van der Waals surface area contributed by atoms with Crippen LogP contribution in [0.25, 0.3) is 0 Å². The van der Waals surface area contributed by atoms with Crippen LogP contribution in [-0.4, -0.2) is 23.6 Å². The van der Waals surface area contributed by atoms with Gasteiger partial charge in [0.2, 0.25) is 0 Å². The van der Waals surface area contributed by atoms with Gasteiger partial charge in [0.05, 0.1) is 12.7 Å². The van der Waals surface area contributed by atoms with Gasteiger partial charge in [0.25, 0.3) is 0 Å². The SMILES string of the molecule is CC[C@H](CSc1ccccc1)[C@H](O)CCOCc1ccccc1. The van der Waals surface area contributed by atoms with Gasteiger partial charge in [-0.15, -0.1) is 11.8 Å². The molecule has 2 atom stereocenters. The van der Waals surface area contributed by atoms with E-state index in [1.807, 2.05) is 36.0 Å². The van der Waals surface area contributed by atoms with E-state index in [1.165, 1.54) is 10.5 Å². The minimum Gasteiger partial charge on any atom is -0.393 e. The van der Waals surface area contributed by atoms with Crippen LogP contribution in [0.1, 0.15) is 25.3 Å². The molecular weight excluding hydrogens is 304 g/mol.